The highest BCUT2D eigenvalue weighted by Crippen LogP contribution is 2.16. The summed E-state index contributed by atoms with van der Waals surface area (Å²) in [6.07, 6.45) is 3.06. The van der Waals surface area contributed by atoms with Crippen molar-refractivity contribution in [3.63, 3.8) is 0 Å². The second-order valence-electron chi connectivity index (χ2n) is 6.42. The molecule has 0 aliphatic carbocycles. The van der Waals surface area contributed by atoms with E-state index < -0.39 is 0 Å². The first-order valence-corrected chi connectivity index (χ1v) is 10.3. The predicted octanol–water partition coefficient (Wildman–Crippen LogP) is 4.40. The lowest BCUT2D eigenvalue weighted by Crippen LogP contribution is -2.32. The number of carbonyl (C=O) groups is 1. The van der Waals surface area contributed by atoms with Gasteiger partial charge < -0.3 is 9.88 Å². The van der Waals surface area contributed by atoms with E-state index in [1.165, 1.54) is 4.88 Å². The summed E-state index contributed by atoms with van der Waals surface area (Å²) >= 11 is 7.73. The fourth-order valence-electron chi connectivity index (χ4n) is 3.01. The number of amides is 1. The number of hydrogen-bond donors (Lipinski definition) is 1. The first-order chi connectivity index (χ1) is 13.1. The maximum atomic E-state index is 12.7. The van der Waals surface area contributed by atoms with Gasteiger partial charge in [0.2, 0.25) is 5.91 Å². The van der Waals surface area contributed by atoms with Gasteiger partial charge in [0.1, 0.15) is 5.82 Å². The quantitative estimate of drug-likeness (QED) is 0.606. The highest BCUT2D eigenvalue weighted by Gasteiger charge is 2.15. The lowest BCUT2D eigenvalue weighted by atomic mass is 10.2. The Balaban J connectivity index is 1.70. The summed E-state index contributed by atoms with van der Waals surface area (Å²) in [7, 11) is 0. The summed E-state index contributed by atoms with van der Waals surface area (Å²) in [5.74, 6) is 0.567. The molecule has 0 radical (unpaired) electrons. The Bertz CT molecular complexity index is 969. The van der Waals surface area contributed by atoms with Gasteiger partial charge in [0.05, 0.1) is 17.4 Å². The number of thiophene rings is 1. The van der Waals surface area contributed by atoms with Gasteiger partial charge in [-0.1, -0.05) is 24.6 Å². The van der Waals surface area contributed by atoms with Crippen LogP contribution < -0.4 is 5.56 Å². The van der Waals surface area contributed by atoms with Crippen LogP contribution >= 0.6 is 22.9 Å². The van der Waals surface area contributed by atoms with Crippen molar-refractivity contribution in [2.75, 3.05) is 6.54 Å². The number of fused-ring (bicyclic) bond motifs is 1. The molecular formula is C20H22ClN3O2S. The Kier molecular flexibility index (Phi) is 6.63. The summed E-state index contributed by atoms with van der Waals surface area (Å²) < 4.78 is 0. The Hall–Kier alpha value is -2.18. The molecule has 0 aliphatic heterocycles. The largest absolute Gasteiger partial charge is 0.335 e. The number of nitrogens with zero attached hydrogens (tertiary/aromatic N) is 2. The summed E-state index contributed by atoms with van der Waals surface area (Å²) in [4.78, 5) is 35.3. The van der Waals surface area contributed by atoms with Crippen molar-refractivity contribution in [2.24, 2.45) is 0 Å². The summed E-state index contributed by atoms with van der Waals surface area (Å²) in [6.45, 7) is 2.96. The molecule has 1 amide bonds. The van der Waals surface area contributed by atoms with Crippen LogP contribution in [0.15, 0.2) is 40.5 Å². The minimum atomic E-state index is -0.215. The van der Waals surface area contributed by atoms with E-state index in [0.29, 0.717) is 41.3 Å². The number of hydrogen-bond acceptors (Lipinski definition) is 4. The molecule has 0 fully saturated rings. The van der Waals surface area contributed by atoms with E-state index in [0.717, 1.165) is 19.3 Å². The third-order valence-electron chi connectivity index (χ3n) is 4.30. The molecule has 27 heavy (non-hydrogen) atoms. The first-order valence-electron chi connectivity index (χ1n) is 9.05. The fourth-order valence-corrected chi connectivity index (χ4v) is 3.92. The number of halogens is 1. The summed E-state index contributed by atoms with van der Waals surface area (Å²) in [5.41, 5.74) is 0.330. The van der Waals surface area contributed by atoms with Gasteiger partial charge in [-0.05, 0) is 48.9 Å². The van der Waals surface area contributed by atoms with Gasteiger partial charge in [0.15, 0.2) is 0 Å². The van der Waals surface area contributed by atoms with Crippen molar-refractivity contribution in [2.45, 2.75) is 39.2 Å². The summed E-state index contributed by atoms with van der Waals surface area (Å²) in [6, 6.07) is 9.11. The maximum absolute atomic E-state index is 12.7. The molecule has 1 N–H and O–H groups in total. The molecule has 0 atom stereocenters. The van der Waals surface area contributed by atoms with Crippen LogP contribution in [0.25, 0.3) is 10.9 Å². The zero-order chi connectivity index (χ0) is 19.2. The van der Waals surface area contributed by atoms with E-state index in [1.54, 1.807) is 34.4 Å². The van der Waals surface area contributed by atoms with E-state index in [-0.39, 0.29) is 11.5 Å². The minimum absolute atomic E-state index is 0.0854. The van der Waals surface area contributed by atoms with Crippen LogP contribution in [0.3, 0.4) is 0 Å². The molecule has 2 aromatic heterocycles. The molecule has 1 aromatic carbocycles. The van der Waals surface area contributed by atoms with Crippen LogP contribution in [0.4, 0.5) is 0 Å². The number of nitrogens with one attached hydrogen (secondary N) is 1. The second kappa shape index (κ2) is 9.15. The summed E-state index contributed by atoms with van der Waals surface area (Å²) in [5, 5.41) is 3.07. The normalized spacial score (nSPS) is 11.0. The number of rotatable bonds is 8. The van der Waals surface area contributed by atoms with Crippen molar-refractivity contribution in [1.82, 2.24) is 14.9 Å². The van der Waals surface area contributed by atoms with Crippen LogP contribution in [-0.2, 0) is 17.8 Å². The highest BCUT2D eigenvalue weighted by molar-refractivity contribution is 7.09. The molecule has 0 saturated heterocycles. The third kappa shape index (κ3) is 5.17. The van der Waals surface area contributed by atoms with Gasteiger partial charge in [0, 0.05) is 22.9 Å². The van der Waals surface area contributed by atoms with Crippen LogP contribution in [0.2, 0.25) is 5.02 Å². The van der Waals surface area contributed by atoms with Crippen LogP contribution in [-0.4, -0.2) is 27.3 Å². The Morgan fingerprint density at radius 2 is 2.19 bits per heavy atom. The topological polar surface area (TPSA) is 66.1 Å². The lowest BCUT2D eigenvalue weighted by Gasteiger charge is -2.21. The van der Waals surface area contributed by atoms with Gasteiger partial charge in [-0.15, -0.1) is 11.3 Å². The van der Waals surface area contributed by atoms with Crippen molar-refractivity contribution < 1.29 is 4.79 Å². The van der Waals surface area contributed by atoms with Crippen LogP contribution in [0.5, 0.6) is 0 Å². The van der Waals surface area contributed by atoms with E-state index in [1.807, 2.05) is 13.0 Å². The molecule has 0 bridgehead atoms. The smallest absolute Gasteiger partial charge is 0.258 e. The predicted molar refractivity (Wildman–Crippen MR) is 110 cm³/mol. The Labute approximate surface area is 167 Å². The zero-order valence-electron chi connectivity index (χ0n) is 15.2. The number of H-pyrrole nitrogens is 1. The monoisotopic (exact) mass is 403 g/mol. The molecule has 5 nitrogen and oxygen atoms in total. The average Bonchev–Trinajstić information content (AvgIpc) is 3.14. The van der Waals surface area contributed by atoms with Gasteiger partial charge in [-0.2, -0.15) is 0 Å². The lowest BCUT2D eigenvalue weighted by molar-refractivity contribution is -0.132. The SMILES string of the molecule is CCCN(Cc1nc2cc(Cl)ccc2c(=O)[nH]1)C(=O)CCCc1cccs1. The Morgan fingerprint density at radius 3 is 2.93 bits per heavy atom. The molecule has 0 saturated carbocycles. The molecule has 0 spiro atoms. The van der Waals surface area contributed by atoms with Gasteiger partial charge in [0.25, 0.3) is 5.56 Å². The molecular weight excluding hydrogens is 382 g/mol. The molecule has 3 rings (SSSR count). The van der Waals surface area contributed by atoms with Crippen molar-refractivity contribution in [3.8, 4) is 0 Å². The van der Waals surface area contributed by atoms with E-state index in [9.17, 15) is 9.59 Å². The molecule has 142 valence electrons. The van der Waals surface area contributed by atoms with E-state index in [2.05, 4.69) is 21.4 Å². The fraction of sp³-hybridized carbons (Fsp3) is 0.350. The molecule has 7 heteroatoms. The Morgan fingerprint density at radius 1 is 1.33 bits per heavy atom. The van der Waals surface area contributed by atoms with Crippen molar-refractivity contribution in [1.29, 1.82) is 0 Å². The number of aromatic amines is 1. The van der Waals surface area contributed by atoms with Gasteiger partial charge in [-0.25, -0.2) is 4.98 Å². The zero-order valence-corrected chi connectivity index (χ0v) is 16.8. The highest BCUT2D eigenvalue weighted by atomic mass is 35.5. The number of benzene rings is 1. The maximum Gasteiger partial charge on any atom is 0.258 e. The molecule has 0 aliphatic rings. The number of aromatic nitrogens is 2. The van der Waals surface area contributed by atoms with Crippen LogP contribution in [0, 0.1) is 0 Å². The molecule has 3 aromatic rings. The molecule has 2 heterocycles. The van der Waals surface area contributed by atoms with Crippen molar-refractivity contribution >= 4 is 39.7 Å². The first kappa shape index (κ1) is 19.6. The van der Waals surface area contributed by atoms with E-state index >= 15 is 0 Å². The van der Waals surface area contributed by atoms with Gasteiger partial charge in [-0.3, -0.25) is 9.59 Å². The number of carbonyl (C=O) groups excluding carboxylic acids is 1. The minimum Gasteiger partial charge on any atom is -0.335 e. The average molecular weight is 404 g/mol. The number of aryl methyl sites for hydroxylation is 1. The van der Waals surface area contributed by atoms with Crippen molar-refractivity contribution in [3.05, 3.63) is 61.8 Å². The van der Waals surface area contributed by atoms with Crippen LogP contribution in [0.1, 0.15) is 36.9 Å². The standard InChI is InChI=1S/C20H22ClN3O2S/c1-2-10-24(19(25)7-3-5-15-6-4-11-27-15)13-18-22-17-12-14(21)8-9-16(17)20(26)23-18/h4,6,8-9,11-12H,2-3,5,7,10,13H2,1H3,(H,22,23,26). The van der Waals surface area contributed by atoms with E-state index in [4.69, 9.17) is 11.6 Å². The van der Waals surface area contributed by atoms with Gasteiger partial charge >= 0.3 is 0 Å². The third-order valence-corrected chi connectivity index (χ3v) is 5.47. The second-order valence-corrected chi connectivity index (χ2v) is 7.89. The molecule has 0 unspecified atom stereocenters.